The van der Waals surface area contributed by atoms with Gasteiger partial charge < -0.3 is 19.8 Å². The van der Waals surface area contributed by atoms with E-state index in [2.05, 4.69) is 15.5 Å². The summed E-state index contributed by atoms with van der Waals surface area (Å²) in [6.07, 6.45) is 1.61. The predicted octanol–water partition coefficient (Wildman–Crippen LogP) is 2.02. The molecule has 0 radical (unpaired) electrons. The summed E-state index contributed by atoms with van der Waals surface area (Å²) in [6, 6.07) is 9.10. The molecule has 7 nitrogen and oxygen atoms in total. The van der Waals surface area contributed by atoms with E-state index in [1.54, 1.807) is 12.3 Å². The fourth-order valence-corrected chi connectivity index (χ4v) is 3.06. The fraction of sp³-hybridized carbons (Fsp3) is 0.400. The molecule has 0 spiro atoms. The molecule has 1 saturated heterocycles. The third-order valence-electron chi connectivity index (χ3n) is 4.79. The minimum atomic E-state index is -0.682. The maximum absolute atomic E-state index is 12.3. The van der Waals surface area contributed by atoms with Crippen LogP contribution >= 0.6 is 0 Å². The Morgan fingerprint density at radius 1 is 1.11 bits per heavy atom. The van der Waals surface area contributed by atoms with Gasteiger partial charge in [0.2, 0.25) is 0 Å². The number of amides is 2. The van der Waals surface area contributed by atoms with E-state index in [-0.39, 0.29) is 12.6 Å². The second kappa shape index (κ2) is 8.83. The number of furan rings is 1. The van der Waals surface area contributed by atoms with Crippen LogP contribution in [0, 0.1) is 13.8 Å². The van der Waals surface area contributed by atoms with Crippen LogP contribution in [0.25, 0.3) is 0 Å². The molecule has 1 atom stereocenters. The Morgan fingerprint density at radius 2 is 1.89 bits per heavy atom. The third-order valence-corrected chi connectivity index (χ3v) is 4.79. The number of carbonyl (C=O) groups is 2. The van der Waals surface area contributed by atoms with Gasteiger partial charge in [0.25, 0.3) is 0 Å². The van der Waals surface area contributed by atoms with Crippen molar-refractivity contribution < 1.29 is 18.7 Å². The van der Waals surface area contributed by atoms with Gasteiger partial charge in [0.05, 0.1) is 25.5 Å². The van der Waals surface area contributed by atoms with Crippen LogP contribution in [0.3, 0.4) is 0 Å². The first-order valence-corrected chi connectivity index (χ1v) is 9.06. The monoisotopic (exact) mass is 371 g/mol. The van der Waals surface area contributed by atoms with Gasteiger partial charge in [-0.25, -0.2) is 0 Å². The second-order valence-corrected chi connectivity index (χ2v) is 6.64. The lowest BCUT2D eigenvalue weighted by Gasteiger charge is -2.33. The number of hydrogen-bond donors (Lipinski definition) is 2. The van der Waals surface area contributed by atoms with E-state index >= 15 is 0 Å². The number of anilines is 1. The van der Waals surface area contributed by atoms with Gasteiger partial charge in [-0.3, -0.25) is 14.5 Å². The van der Waals surface area contributed by atoms with Crippen LogP contribution in [-0.4, -0.2) is 49.6 Å². The number of morpholine rings is 1. The van der Waals surface area contributed by atoms with E-state index in [1.165, 1.54) is 0 Å². The van der Waals surface area contributed by atoms with Crippen molar-refractivity contribution in [1.82, 2.24) is 10.2 Å². The Kier molecular flexibility index (Phi) is 6.26. The van der Waals surface area contributed by atoms with Crippen LogP contribution < -0.4 is 10.6 Å². The zero-order valence-electron chi connectivity index (χ0n) is 15.7. The maximum atomic E-state index is 12.3. The normalized spacial score (nSPS) is 15.9. The highest BCUT2D eigenvalue weighted by molar-refractivity contribution is 6.39. The average molecular weight is 371 g/mol. The van der Waals surface area contributed by atoms with E-state index in [1.807, 2.05) is 38.1 Å². The molecule has 0 aliphatic carbocycles. The summed E-state index contributed by atoms with van der Waals surface area (Å²) in [7, 11) is 0. The molecule has 144 valence electrons. The van der Waals surface area contributed by atoms with Gasteiger partial charge in [0, 0.05) is 25.3 Å². The van der Waals surface area contributed by atoms with Crippen molar-refractivity contribution in [1.29, 1.82) is 0 Å². The molecule has 1 aliphatic heterocycles. The molecule has 0 saturated carbocycles. The van der Waals surface area contributed by atoms with Crippen LogP contribution in [0.1, 0.15) is 22.9 Å². The summed E-state index contributed by atoms with van der Waals surface area (Å²) in [5, 5.41) is 5.36. The van der Waals surface area contributed by atoms with Crippen molar-refractivity contribution in [2.24, 2.45) is 0 Å². The zero-order valence-corrected chi connectivity index (χ0v) is 15.7. The highest BCUT2D eigenvalue weighted by Crippen LogP contribution is 2.21. The fourth-order valence-electron chi connectivity index (χ4n) is 3.06. The van der Waals surface area contributed by atoms with Crippen LogP contribution in [0.4, 0.5) is 5.69 Å². The number of rotatable bonds is 5. The number of nitrogens with zero attached hydrogens (tertiary/aromatic N) is 1. The topological polar surface area (TPSA) is 83.8 Å². The molecule has 27 heavy (non-hydrogen) atoms. The van der Waals surface area contributed by atoms with Gasteiger partial charge in [-0.05, 0) is 49.2 Å². The standard InChI is InChI=1S/C20H25N3O4/c1-14-5-6-16(12-15(14)2)22-20(25)19(24)21-13-17(18-4-3-9-27-18)23-7-10-26-11-8-23/h3-6,9,12,17H,7-8,10-11,13H2,1-2H3,(H,21,24)(H,22,25). The van der Waals surface area contributed by atoms with Gasteiger partial charge in [0.15, 0.2) is 0 Å². The third kappa shape index (κ3) is 4.96. The minimum absolute atomic E-state index is 0.137. The largest absolute Gasteiger partial charge is 0.468 e. The summed E-state index contributed by atoms with van der Waals surface area (Å²) in [6.45, 7) is 7.01. The van der Waals surface area contributed by atoms with Crippen molar-refractivity contribution in [2.75, 3.05) is 38.2 Å². The van der Waals surface area contributed by atoms with Crippen LogP contribution in [0.15, 0.2) is 41.0 Å². The molecule has 1 unspecified atom stereocenters. The lowest BCUT2D eigenvalue weighted by Crippen LogP contribution is -2.45. The molecule has 2 aromatic rings. The SMILES string of the molecule is Cc1ccc(NC(=O)C(=O)NCC(c2ccco2)N2CCOCC2)cc1C. The van der Waals surface area contributed by atoms with E-state index in [9.17, 15) is 9.59 Å². The highest BCUT2D eigenvalue weighted by atomic mass is 16.5. The summed E-state index contributed by atoms with van der Waals surface area (Å²) >= 11 is 0. The van der Waals surface area contributed by atoms with E-state index in [0.717, 1.165) is 30.0 Å². The average Bonchev–Trinajstić information content (AvgIpc) is 3.20. The Balaban J connectivity index is 1.59. The summed E-state index contributed by atoms with van der Waals surface area (Å²) in [5.41, 5.74) is 2.79. The van der Waals surface area contributed by atoms with Crippen LogP contribution in [-0.2, 0) is 14.3 Å². The maximum Gasteiger partial charge on any atom is 0.313 e. The molecule has 7 heteroatoms. The van der Waals surface area contributed by atoms with Crippen LogP contribution in [0.2, 0.25) is 0 Å². The molecule has 1 aromatic heterocycles. The summed E-state index contributed by atoms with van der Waals surface area (Å²) in [4.78, 5) is 26.6. The Labute approximate surface area is 158 Å². The van der Waals surface area contributed by atoms with Crippen molar-refractivity contribution >= 4 is 17.5 Å². The second-order valence-electron chi connectivity index (χ2n) is 6.64. The van der Waals surface area contributed by atoms with Gasteiger partial charge in [0.1, 0.15) is 5.76 Å². The molecular weight excluding hydrogens is 346 g/mol. The van der Waals surface area contributed by atoms with Crippen molar-refractivity contribution in [3.05, 3.63) is 53.5 Å². The quantitative estimate of drug-likeness (QED) is 0.786. The lowest BCUT2D eigenvalue weighted by atomic mass is 10.1. The molecule has 2 N–H and O–H groups in total. The molecule has 1 aromatic carbocycles. The first kappa shape index (κ1) is 19.1. The zero-order chi connectivity index (χ0) is 19.2. The van der Waals surface area contributed by atoms with Crippen molar-refractivity contribution in [3.8, 4) is 0 Å². The molecule has 0 bridgehead atoms. The Morgan fingerprint density at radius 3 is 2.56 bits per heavy atom. The van der Waals surface area contributed by atoms with Gasteiger partial charge in [-0.2, -0.15) is 0 Å². The summed E-state index contributed by atoms with van der Waals surface area (Å²) in [5.74, 6) is -0.594. The molecular formula is C20H25N3O4. The smallest absolute Gasteiger partial charge is 0.313 e. The van der Waals surface area contributed by atoms with Gasteiger partial charge in [-0.1, -0.05) is 6.07 Å². The molecule has 2 heterocycles. The first-order chi connectivity index (χ1) is 13.0. The number of hydrogen-bond acceptors (Lipinski definition) is 5. The minimum Gasteiger partial charge on any atom is -0.468 e. The van der Waals surface area contributed by atoms with Crippen molar-refractivity contribution in [3.63, 3.8) is 0 Å². The lowest BCUT2D eigenvalue weighted by molar-refractivity contribution is -0.136. The highest BCUT2D eigenvalue weighted by Gasteiger charge is 2.26. The Bertz CT molecular complexity index is 783. The number of carbonyl (C=O) groups excluding carboxylic acids is 2. The number of benzene rings is 1. The Hall–Kier alpha value is -2.64. The van der Waals surface area contributed by atoms with Crippen molar-refractivity contribution in [2.45, 2.75) is 19.9 Å². The molecule has 2 amide bonds. The predicted molar refractivity (Wildman–Crippen MR) is 101 cm³/mol. The molecule has 1 fully saturated rings. The number of nitrogens with one attached hydrogen (secondary N) is 2. The van der Waals surface area contributed by atoms with Gasteiger partial charge >= 0.3 is 11.8 Å². The van der Waals surface area contributed by atoms with E-state index in [0.29, 0.717) is 18.9 Å². The summed E-state index contributed by atoms with van der Waals surface area (Å²) < 4.78 is 10.9. The van der Waals surface area contributed by atoms with E-state index < -0.39 is 11.8 Å². The van der Waals surface area contributed by atoms with E-state index in [4.69, 9.17) is 9.15 Å². The molecule has 1 aliphatic rings. The molecule has 3 rings (SSSR count). The number of ether oxygens (including phenoxy) is 1. The van der Waals surface area contributed by atoms with Crippen LogP contribution in [0.5, 0.6) is 0 Å². The number of aryl methyl sites for hydroxylation is 2. The van der Waals surface area contributed by atoms with Gasteiger partial charge in [-0.15, -0.1) is 0 Å². The first-order valence-electron chi connectivity index (χ1n) is 9.06.